The van der Waals surface area contributed by atoms with Gasteiger partial charge in [-0.1, -0.05) is 18.2 Å². The second-order valence-electron chi connectivity index (χ2n) is 5.14. The van der Waals surface area contributed by atoms with Crippen LogP contribution in [0, 0.1) is 12.7 Å². The Bertz CT molecular complexity index is 681. The summed E-state index contributed by atoms with van der Waals surface area (Å²) in [5.74, 6) is -0.635. The van der Waals surface area contributed by atoms with Gasteiger partial charge in [0.2, 0.25) is 5.91 Å². The highest BCUT2D eigenvalue weighted by Crippen LogP contribution is 2.18. The maximum Gasteiger partial charge on any atom is 0.220 e. The van der Waals surface area contributed by atoms with Gasteiger partial charge < -0.3 is 5.32 Å². The summed E-state index contributed by atoms with van der Waals surface area (Å²) < 4.78 is 13.6. The number of carbonyl (C=O) groups excluding carboxylic acids is 2. The number of thiophene rings is 1. The summed E-state index contributed by atoms with van der Waals surface area (Å²) in [4.78, 5) is 25.6. The first kappa shape index (κ1) is 16.4. The van der Waals surface area contributed by atoms with Crippen LogP contribution in [0.2, 0.25) is 0 Å². The van der Waals surface area contributed by atoms with E-state index in [0.717, 1.165) is 4.88 Å². The smallest absolute Gasteiger partial charge is 0.220 e. The highest BCUT2D eigenvalue weighted by molar-refractivity contribution is 7.14. The van der Waals surface area contributed by atoms with Gasteiger partial charge in [-0.3, -0.25) is 9.59 Å². The van der Waals surface area contributed by atoms with Gasteiger partial charge in [0.15, 0.2) is 5.78 Å². The number of nitrogens with one attached hydrogen (secondary N) is 1. The summed E-state index contributed by atoms with van der Waals surface area (Å²) in [6, 6.07) is 9.58. The first-order chi connectivity index (χ1) is 10.5. The van der Waals surface area contributed by atoms with Crippen molar-refractivity contribution in [2.45, 2.75) is 32.7 Å². The molecule has 0 aliphatic rings. The molecular weight excluding hydrogens is 301 g/mol. The summed E-state index contributed by atoms with van der Waals surface area (Å²) in [6.45, 7) is 3.66. The minimum absolute atomic E-state index is 0.0354. The Hall–Kier alpha value is -2.01. The Morgan fingerprint density at radius 2 is 1.91 bits per heavy atom. The van der Waals surface area contributed by atoms with Crippen LogP contribution in [0.1, 0.15) is 45.9 Å². The summed E-state index contributed by atoms with van der Waals surface area (Å²) in [5.41, 5.74) is 0.441. The first-order valence-electron chi connectivity index (χ1n) is 7.11. The second kappa shape index (κ2) is 7.31. The molecule has 1 atom stereocenters. The van der Waals surface area contributed by atoms with E-state index >= 15 is 0 Å². The predicted molar refractivity (Wildman–Crippen MR) is 85.6 cm³/mol. The van der Waals surface area contributed by atoms with E-state index in [4.69, 9.17) is 0 Å². The molecule has 0 aliphatic carbocycles. The average Bonchev–Trinajstić information content (AvgIpc) is 2.91. The van der Waals surface area contributed by atoms with Gasteiger partial charge in [-0.2, -0.15) is 0 Å². The summed E-state index contributed by atoms with van der Waals surface area (Å²) in [7, 11) is 0. The van der Waals surface area contributed by atoms with Crippen LogP contribution < -0.4 is 5.32 Å². The standard InChI is InChI=1S/C17H18FNO2S/c1-11-7-9-16(22-11)15(20)8-10-17(21)19-12(2)13-5-3-4-6-14(13)18/h3-7,9,12H,8,10H2,1-2H3,(H,19,21). The quantitative estimate of drug-likeness (QED) is 0.817. The van der Waals surface area contributed by atoms with E-state index in [1.54, 1.807) is 31.2 Å². The molecule has 3 nitrogen and oxygen atoms in total. The maximum atomic E-state index is 13.6. The van der Waals surface area contributed by atoms with Crippen LogP contribution in [-0.2, 0) is 4.79 Å². The van der Waals surface area contributed by atoms with Gasteiger partial charge in [-0.25, -0.2) is 4.39 Å². The van der Waals surface area contributed by atoms with E-state index in [2.05, 4.69) is 5.32 Å². The number of rotatable bonds is 6. The summed E-state index contributed by atoms with van der Waals surface area (Å²) in [5, 5.41) is 2.72. The topological polar surface area (TPSA) is 46.2 Å². The van der Waals surface area contributed by atoms with E-state index in [-0.39, 0.29) is 30.3 Å². The molecule has 1 aromatic carbocycles. The number of aryl methyl sites for hydroxylation is 1. The van der Waals surface area contributed by atoms with Crippen LogP contribution in [0.3, 0.4) is 0 Å². The lowest BCUT2D eigenvalue weighted by molar-refractivity contribution is -0.121. The zero-order valence-corrected chi connectivity index (χ0v) is 13.4. The van der Waals surface area contributed by atoms with Gasteiger partial charge in [0.1, 0.15) is 5.82 Å². The van der Waals surface area contributed by atoms with Crippen molar-refractivity contribution >= 4 is 23.0 Å². The first-order valence-corrected chi connectivity index (χ1v) is 7.92. The lowest BCUT2D eigenvalue weighted by atomic mass is 10.1. The number of hydrogen-bond donors (Lipinski definition) is 1. The van der Waals surface area contributed by atoms with E-state index in [9.17, 15) is 14.0 Å². The molecule has 22 heavy (non-hydrogen) atoms. The number of ketones is 1. The highest BCUT2D eigenvalue weighted by atomic mass is 32.1. The molecular formula is C17H18FNO2S. The number of halogens is 1. The van der Waals surface area contributed by atoms with Crippen LogP contribution in [0.25, 0.3) is 0 Å². The summed E-state index contributed by atoms with van der Waals surface area (Å²) >= 11 is 1.43. The number of carbonyl (C=O) groups is 2. The third-order valence-corrected chi connectivity index (χ3v) is 4.39. The molecule has 1 unspecified atom stereocenters. The van der Waals surface area contributed by atoms with Crippen molar-refractivity contribution in [2.24, 2.45) is 0 Å². The third-order valence-electron chi connectivity index (χ3n) is 3.34. The zero-order chi connectivity index (χ0) is 16.1. The predicted octanol–water partition coefficient (Wildman–Crippen LogP) is 4.04. The Morgan fingerprint density at radius 1 is 1.18 bits per heavy atom. The molecule has 0 aliphatic heterocycles. The fourth-order valence-electron chi connectivity index (χ4n) is 2.15. The van der Waals surface area contributed by atoms with E-state index in [0.29, 0.717) is 10.4 Å². The molecule has 116 valence electrons. The Labute approximate surface area is 133 Å². The molecule has 1 heterocycles. The molecule has 0 radical (unpaired) electrons. The third kappa shape index (κ3) is 4.24. The molecule has 0 spiro atoms. The monoisotopic (exact) mass is 319 g/mol. The van der Waals surface area contributed by atoms with Gasteiger partial charge in [-0.05, 0) is 32.0 Å². The van der Waals surface area contributed by atoms with Gasteiger partial charge in [0.25, 0.3) is 0 Å². The van der Waals surface area contributed by atoms with Crippen LogP contribution in [0.5, 0.6) is 0 Å². The van der Waals surface area contributed by atoms with E-state index < -0.39 is 6.04 Å². The van der Waals surface area contributed by atoms with Crippen molar-refractivity contribution in [1.82, 2.24) is 5.32 Å². The SMILES string of the molecule is Cc1ccc(C(=O)CCC(=O)NC(C)c2ccccc2F)s1. The van der Waals surface area contributed by atoms with E-state index in [1.807, 2.05) is 13.0 Å². The fraction of sp³-hybridized carbons (Fsp3) is 0.294. The Morgan fingerprint density at radius 3 is 2.55 bits per heavy atom. The Kier molecular flexibility index (Phi) is 5.44. The number of hydrogen-bond acceptors (Lipinski definition) is 3. The minimum Gasteiger partial charge on any atom is -0.349 e. The van der Waals surface area contributed by atoms with Crippen molar-refractivity contribution in [3.63, 3.8) is 0 Å². The lowest BCUT2D eigenvalue weighted by Gasteiger charge is -2.14. The largest absolute Gasteiger partial charge is 0.349 e. The molecule has 0 saturated carbocycles. The lowest BCUT2D eigenvalue weighted by Crippen LogP contribution is -2.27. The minimum atomic E-state index is -0.423. The number of amides is 1. The molecule has 5 heteroatoms. The fourth-order valence-corrected chi connectivity index (χ4v) is 2.99. The molecule has 2 rings (SSSR count). The molecule has 0 fully saturated rings. The van der Waals surface area contributed by atoms with Gasteiger partial charge in [-0.15, -0.1) is 11.3 Å². The van der Waals surface area contributed by atoms with Crippen LogP contribution >= 0.6 is 11.3 Å². The Balaban J connectivity index is 1.85. The molecule has 1 N–H and O–H groups in total. The van der Waals surface area contributed by atoms with Crippen LogP contribution in [0.4, 0.5) is 4.39 Å². The normalized spacial score (nSPS) is 12.0. The summed E-state index contributed by atoms with van der Waals surface area (Å²) in [6.07, 6.45) is 0.268. The van der Waals surface area contributed by atoms with Crippen LogP contribution in [0.15, 0.2) is 36.4 Å². The number of benzene rings is 1. The molecule has 0 saturated heterocycles. The number of Topliss-reactive ketones (excluding diaryl/α,β-unsaturated/α-hetero) is 1. The molecule has 0 bridgehead atoms. The average molecular weight is 319 g/mol. The van der Waals surface area contributed by atoms with Crippen molar-refractivity contribution < 1.29 is 14.0 Å². The van der Waals surface area contributed by atoms with Crippen molar-refractivity contribution in [1.29, 1.82) is 0 Å². The van der Waals surface area contributed by atoms with Crippen molar-refractivity contribution in [3.05, 3.63) is 57.5 Å². The molecule has 1 aromatic heterocycles. The van der Waals surface area contributed by atoms with Crippen LogP contribution in [-0.4, -0.2) is 11.7 Å². The van der Waals surface area contributed by atoms with E-state index in [1.165, 1.54) is 17.4 Å². The van der Waals surface area contributed by atoms with Crippen molar-refractivity contribution in [2.75, 3.05) is 0 Å². The highest BCUT2D eigenvalue weighted by Gasteiger charge is 2.15. The maximum absolute atomic E-state index is 13.6. The molecule has 1 amide bonds. The zero-order valence-electron chi connectivity index (χ0n) is 12.6. The van der Waals surface area contributed by atoms with Gasteiger partial charge in [0, 0.05) is 23.3 Å². The second-order valence-corrected chi connectivity index (χ2v) is 6.43. The molecule has 2 aromatic rings. The van der Waals surface area contributed by atoms with Gasteiger partial charge >= 0.3 is 0 Å². The van der Waals surface area contributed by atoms with Gasteiger partial charge in [0.05, 0.1) is 10.9 Å². The van der Waals surface area contributed by atoms with Crippen molar-refractivity contribution in [3.8, 4) is 0 Å².